The van der Waals surface area contributed by atoms with Crippen molar-refractivity contribution in [1.82, 2.24) is 14.7 Å². The van der Waals surface area contributed by atoms with Crippen LogP contribution in [-0.2, 0) is 11.3 Å². The van der Waals surface area contributed by atoms with E-state index in [-0.39, 0.29) is 12.1 Å². The first-order valence-electron chi connectivity index (χ1n) is 10.7. The summed E-state index contributed by atoms with van der Waals surface area (Å²) in [6, 6.07) is 9.87. The highest BCUT2D eigenvalue weighted by molar-refractivity contribution is 5.72. The third-order valence-corrected chi connectivity index (χ3v) is 5.81. The number of ether oxygens (including phenoxy) is 1. The quantitative estimate of drug-likeness (QED) is 0.698. The molecule has 1 aromatic carbocycles. The van der Waals surface area contributed by atoms with Crippen LogP contribution < -0.4 is 5.73 Å². The van der Waals surface area contributed by atoms with Crippen molar-refractivity contribution < 1.29 is 9.53 Å². The molecule has 1 amide bonds. The van der Waals surface area contributed by atoms with Crippen molar-refractivity contribution in [2.75, 3.05) is 33.2 Å². The molecule has 2 fully saturated rings. The van der Waals surface area contributed by atoms with Crippen LogP contribution in [0.2, 0.25) is 0 Å². The van der Waals surface area contributed by atoms with Gasteiger partial charge in [-0.1, -0.05) is 36.9 Å². The molecule has 2 aliphatic rings. The first kappa shape index (κ1) is 21.7. The molecule has 162 valence electrons. The first-order chi connectivity index (χ1) is 14.5. The number of piperidine rings is 1. The number of carbonyl (C=O) groups excluding carboxylic acids is 1. The van der Waals surface area contributed by atoms with Gasteiger partial charge in [0.25, 0.3) is 0 Å². The molecule has 2 aliphatic heterocycles. The van der Waals surface area contributed by atoms with Gasteiger partial charge in [0.05, 0.1) is 0 Å². The molecule has 0 spiro atoms. The summed E-state index contributed by atoms with van der Waals surface area (Å²) in [7, 11) is 1.81. The molecular weight excluding hydrogens is 378 g/mol. The molecule has 0 aromatic heterocycles. The van der Waals surface area contributed by atoms with Crippen molar-refractivity contribution in [2.24, 2.45) is 10.7 Å². The summed E-state index contributed by atoms with van der Waals surface area (Å²) >= 11 is 0. The highest BCUT2D eigenvalue weighted by atomic mass is 16.6. The molecule has 3 rings (SSSR count). The predicted molar refractivity (Wildman–Crippen MR) is 120 cm³/mol. The lowest BCUT2D eigenvalue weighted by molar-refractivity contribution is 0.0765. The third kappa shape index (κ3) is 6.02. The maximum atomic E-state index is 12.4. The number of hydrogen-bond donors (Lipinski definition) is 1. The molecule has 0 saturated carbocycles. The fourth-order valence-electron chi connectivity index (χ4n) is 3.84. The molecule has 0 radical (unpaired) electrons. The fourth-order valence-corrected chi connectivity index (χ4v) is 3.84. The van der Waals surface area contributed by atoms with E-state index in [1.165, 1.54) is 12.8 Å². The van der Waals surface area contributed by atoms with E-state index in [1.807, 2.05) is 43.5 Å². The Balaban J connectivity index is 1.41. The van der Waals surface area contributed by atoms with Crippen molar-refractivity contribution in [1.29, 1.82) is 0 Å². The van der Waals surface area contributed by atoms with Crippen LogP contribution in [0, 0.1) is 0 Å². The smallest absolute Gasteiger partial charge is 0.410 e. The summed E-state index contributed by atoms with van der Waals surface area (Å²) in [5.41, 5.74) is 7.22. The van der Waals surface area contributed by atoms with Gasteiger partial charge in [0.15, 0.2) is 0 Å². The summed E-state index contributed by atoms with van der Waals surface area (Å²) < 4.78 is 5.44. The van der Waals surface area contributed by atoms with E-state index < -0.39 is 0 Å². The molecule has 30 heavy (non-hydrogen) atoms. The van der Waals surface area contributed by atoms with Crippen molar-refractivity contribution >= 4 is 12.3 Å². The third-order valence-electron chi connectivity index (χ3n) is 5.81. The Morgan fingerprint density at radius 3 is 2.53 bits per heavy atom. The number of rotatable bonds is 7. The number of benzene rings is 1. The van der Waals surface area contributed by atoms with E-state index in [4.69, 9.17) is 10.5 Å². The minimum Gasteiger partial charge on any atom is -0.445 e. The van der Waals surface area contributed by atoms with Crippen LogP contribution in [0.5, 0.6) is 0 Å². The average Bonchev–Trinajstić information content (AvgIpc) is 3.33. The van der Waals surface area contributed by atoms with Gasteiger partial charge in [-0.25, -0.2) is 9.79 Å². The van der Waals surface area contributed by atoms with Crippen LogP contribution in [0.25, 0.3) is 0 Å². The van der Waals surface area contributed by atoms with Gasteiger partial charge in [0, 0.05) is 45.5 Å². The van der Waals surface area contributed by atoms with E-state index in [0.29, 0.717) is 12.4 Å². The van der Waals surface area contributed by atoms with Crippen LogP contribution in [0.1, 0.15) is 31.2 Å². The maximum Gasteiger partial charge on any atom is 0.410 e. The highest BCUT2D eigenvalue weighted by Gasteiger charge is 2.26. The van der Waals surface area contributed by atoms with Crippen LogP contribution in [0.3, 0.4) is 0 Å². The lowest BCUT2D eigenvalue weighted by Gasteiger charge is -2.37. The zero-order chi connectivity index (χ0) is 21.3. The van der Waals surface area contributed by atoms with Gasteiger partial charge >= 0.3 is 6.09 Å². The molecule has 0 unspecified atom stereocenters. The SMILES string of the molecule is C=C(/N=C\C=C(/N)N1CCC(N(C)C(=O)OCc2ccccc2)CC1)N1CCCC1. The lowest BCUT2D eigenvalue weighted by Crippen LogP contribution is -2.46. The summed E-state index contributed by atoms with van der Waals surface area (Å²) in [5, 5.41) is 0. The Hall–Kier alpha value is -2.96. The van der Waals surface area contributed by atoms with E-state index in [0.717, 1.165) is 50.4 Å². The van der Waals surface area contributed by atoms with Gasteiger partial charge in [-0.15, -0.1) is 0 Å². The second-order valence-electron chi connectivity index (χ2n) is 7.85. The Labute approximate surface area is 179 Å². The van der Waals surface area contributed by atoms with Crippen LogP contribution in [-0.4, -0.2) is 66.3 Å². The minimum atomic E-state index is -0.284. The van der Waals surface area contributed by atoms with Gasteiger partial charge in [-0.05, 0) is 37.3 Å². The molecule has 0 aliphatic carbocycles. The summed E-state index contributed by atoms with van der Waals surface area (Å²) in [5.74, 6) is 1.49. The fraction of sp³-hybridized carbons (Fsp3) is 0.478. The largest absolute Gasteiger partial charge is 0.445 e. The number of carbonyl (C=O) groups is 1. The van der Waals surface area contributed by atoms with Crippen LogP contribution in [0.4, 0.5) is 4.79 Å². The number of nitrogens with zero attached hydrogens (tertiary/aromatic N) is 4. The summed E-state index contributed by atoms with van der Waals surface area (Å²) in [6.45, 7) is 7.97. The van der Waals surface area contributed by atoms with E-state index in [2.05, 4.69) is 21.4 Å². The monoisotopic (exact) mass is 411 g/mol. The van der Waals surface area contributed by atoms with Gasteiger partial charge in [-0.2, -0.15) is 0 Å². The summed E-state index contributed by atoms with van der Waals surface area (Å²) in [4.78, 5) is 22.8. The molecule has 7 nitrogen and oxygen atoms in total. The number of amides is 1. The zero-order valence-electron chi connectivity index (χ0n) is 17.9. The molecule has 7 heteroatoms. The summed E-state index contributed by atoms with van der Waals surface area (Å²) in [6.07, 6.45) is 7.39. The highest BCUT2D eigenvalue weighted by Crippen LogP contribution is 2.18. The van der Waals surface area contributed by atoms with Gasteiger partial charge in [0.2, 0.25) is 0 Å². The molecule has 2 N–H and O–H groups in total. The number of nitrogens with two attached hydrogens (primary N) is 1. The maximum absolute atomic E-state index is 12.4. The Morgan fingerprint density at radius 1 is 1.20 bits per heavy atom. The number of allylic oxidation sites excluding steroid dienone is 1. The predicted octanol–water partition coefficient (Wildman–Crippen LogP) is 3.16. The Morgan fingerprint density at radius 2 is 1.87 bits per heavy atom. The van der Waals surface area contributed by atoms with E-state index >= 15 is 0 Å². The van der Waals surface area contributed by atoms with Crippen molar-refractivity contribution in [2.45, 2.75) is 38.3 Å². The second-order valence-corrected chi connectivity index (χ2v) is 7.85. The van der Waals surface area contributed by atoms with E-state index in [9.17, 15) is 4.79 Å². The Bertz CT molecular complexity index is 763. The lowest BCUT2D eigenvalue weighted by atomic mass is 10.0. The number of likely N-dealkylation sites (tertiary alicyclic amines) is 2. The molecule has 2 saturated heterocycles. The number of hydrogen-bond acceptors (Lipinski definition) is 6. The van der Waals surface area contributed by atoms with Crippen LogP contribution in [0.15, 0.2) is 59.6 Å². The Kier molecular flexibility index (Phi) is 7.76. The molecule has 2 heterocycles. The zero-order valence-corrected chi connectivity index (χ0v) is 17.9. The van der Waals surface area contributed by atoms with Crippen molar-refractivity contribution in [3.05, 3.63) is 60.2 Å². The topological polar surface area (TPSA) is 74.4 Å². The standard InChI is InChI=1S/C23H33N5O2/c1-19(27-14-6-7-15-27)25-13-10-22(24)28-16-11-21(12-17-28)26(2)23(29)30-18-20-8-4-3-5-9-20/h3-5,8-10,13,21H,1,6-7,11-12,14-18,24H2,2H3/b22-10+,25-13-. The van der Waals surface area contributed by atoms with E-state index in [1.54, 1.807) is 11.1 Å². The number of aliphatic imine (C=N–C) groups is 1. The average molecular weight is 412 g/mol. The first-order valence-corrected chi connectivity index (χ1v) is 10.7. The second kappa shape index (κ2) is 10.7. The van der Waals surface area contributed by atoms with Gasteiger partial charge in [0.1, 0.15) is 18.2 Å². The molecular formula is C23H33N5O2. The molecule has 0 atom stereocenters. The van der Waals surface area contributed by atoms with Gasteiger partial charge < -0.3 is 25.2 Å². The van der Waals surface area contributed by atoms with Crippen molar-refractivity contribution in [3.8, 4) is 0 Å². The van der Waals surface area contributed by atoms with Crippen molar-refractivity contribution in [3.63, 3.8) is 0 Å². The normalized spacial score (nSPS) is 18.1. The van der Waals surface area contributed by atoms with Crippen LogP contribution >= 0.6 is 0 Å². The molecule has 0 bridgehead atoms. The minimum absolute atomic E-state index is 0.154. The van der Waals surface area contributed by atoms with Gasteiger partial charge in [-0.3, -0.25) is 0 Å². The molecule has 1 aromatic rings.